The third kappa shape index (κ3) is 43.3. The molecule has 39 heteroatoms. The van der Waals surface area contributed by atoms with Gasteiger partial charge in [0.1, 0.15) is 53.4 Å². The zero-order valence-corrected chi connectivity index (χ0v) is 76.5. The number of methoxy groups -OCH3 is 5. The first-order chi connectivity index (χ1) is 56.9. The van der Waals surface area contributed by atoms with Gasteiger partial charge >= 0.3 is 67.0 Å². The van der Waals surface area contributed by atoms with Crippen LogP contribution in [0.4, 0.5) is 14.4 Å². The van der Waals surface area contributed by atoms with Crippen molar-refractivity contribution in [1.82, 2.24) is 40.9 Å². The molecule has 3 aromatic carbocycles. The predicted molar refractivity (Wildman–Crippen MR) is 466 cm³/mol. The number of halogens is 4. The van der Waals surface area contributed by atoms with Gasteiger partial charge < -0.3 is 85.1 Å². The number of benzene rings is 3. The molecule has 0 spiro atoms. The molecule has 3 aromatic heterocycles. The Balaban J connectivity index is 0.000000716. The fourth-order valence-electron chi connectivity index (χ4n) is 11.7. The molecule has 5 aliphatic carbocycles. The summed E-state index contributed by atoms with van der Waals surface area (Å²) in [7, 11) is 6.50. The Labute approximate surface area is 754 Å². The smallest absolute Gasteiger partial charge is 0.468 e. The summed E-state index contributed by atoms with van der Waals surface area (Å²) in [4.78, 5) is 164. The van der Waals surface area contributed by atoms with Gasteiger partial charge in [-0.15, -0.1) is 64.0 Å². The summed E-state index contributed by atoms with van der Waals surface area (Å²) >= 11 is 18.8. The van der Waals surface area contributed by atoms with E-state index in [4.69, 9.17) is 75.4 Å². The zero-order chi connectivity index (χ0) is 90.9. The first kappa shape index (κ1) is 111. The van der Waals surface area contributed by atoms with Crippen LogP contribution in [0.3, 0.4) is 0 Å². The number of Topliss-reactive ketones (excluding diaryl/α,β-unsaturated/α-hetero) is 2. The molecule has 6 aromatic rings. The van der Waals surface area contributed by atoms with Gasteiger partial charge in [0.15, 0.2) is 23.4 Å². The molecule has 123 heavy (non-hydrogen) atoms. The minimum Gasteiger partial charge on any atom is -0.468 e. The molecule has 670 valence electrons. The molecular weight excluding hydrogens is 1690 g/mol. The number of carbonyl (C=O) groups is 12. The van der Waals surface area contributed by atoms with Gasteiger partial charge in [0.2, 0.25) is 0 Å². The Hall–Kier alpha value is -9.92. The van der Waals surface area contributed by atoms with Crippen LogP contribution in [0.5, 0.6) is 0 Å². The van der Waals surface area contributed by atoms with Crippen molar-refractivity contribution in [1.29, 1.82) is 5.41 Å². The van der Waals surface area contributed by atoms with Gasteiger partial charge in [0, 0.05) is 48.5 Å². The molecule has 2 fully saturated rings. The van der Waals surface area contributed by atoms with E-state index >= 15 is 0 Å². The summed E-state index contributed by atoms with van der Waals surface area (Å²) in [6.45, 7) is 21.2. The number of rotatable bonds is 17. The number of carbonyl (C=O) groups excluding carboxylic acids is 12. The third-order valence-corrected chi connectivity index (χ3v) is 19.0. The molecule has 0 saturated heterocycles. The van der Waals surface area contributed by atoms with Crippen molar-refractivity contribution in [3.05, 3.63) is 148 Å². The number of alkyl carbamates (subject to hydrolysis) is 3. The maximum Gasteiger partial charge on any atom is 1.00 e. The second kappa shape index (κ2) is 56.0. The van der Waals surface area contributed by atoms with Crippen molar-refractivity contribution in [3.8, 4) is 0 Å². The molecule has 0 aliphatic heterocycles. The first-order valence-electron chi connectivity index (χ1n) is 38.3. The van der Waals surface area contributed by atoms with Crippen LogP contribution in [0.1, 0.15) is 147 Å². The van der Waals surface area contributed by atoms with Crippen LogP contribution in [0.2, 0.25) is 0 Å². The second-order valence-corrected chi connectivity index (χ2v) is 33.0. The number of para-hydroxylation sites is 1. The Morgan fingerprint density at radius 3 is 1.39 bits per heavy atom. The first-order valence-corrected chi connectivity index (χ1v) is 40.4. The minimum atomic E-state index is -0.928. The number of thiazole rings is 1. The molecule has 5 aliphatic rings. The molecule has 2 saturated carbocycles. The van der Waals surface area contributed by atoms with Crippen molar-refractivity contribution >= 4 is 159 Å². The maximum atomic E-state index is 12.0. The summed E-state index contributed by atoms with van der Waals surface area (Å²) in [6.07, 6.45) is 10.1. The van der Waals surface area contributed by atoms with E-state index in [-0.39, 0.29) is 121 Å². The number of aliphatic imine (C=N–C) groups is 2. The van der Waals surface area contributed by atoms with Gasteiger partial charge in [-0.05, 0) is 163 Å². The largest absolute Gasteiger partial charge is 1.00 e. The summed E-state index contributed by atoms with van der Waals surface area (Å²) in [5, 5.41) is 12.6. The van der Waals surface area contributed by atoms with Gasteiger partial charge in [-0.25, -0.2) is 38.7 Å². The molecule has 0 radical (unpaired) electrons. The maximum absolute atomic E-state index is 12.0. The van der Waals surface area contributed by atoms with E-state index in [2.05, 4.69) is 70.6 Å². The van der Waals surface area contributed by atoms with E-state index in [9.17, 15) is 57.5 Å². The Morgan fingerprint density at radius 2 is 1.02 bits per heavy atom. The van der Waals surface area contributed by atoms with Crippen LogP contribution >= 0.6 is 58.5 Å². The third-order valence-electron chi connectivity index (χ3n) is 17.1. The summed E-state index contributed by atoms with van der Waals surface area (Å²) < 4.78 is 39.5. The number of allylic oxidation sites excluding steroid dienone is 2. The molecule has 10 N–H and O–H groups in total. The number of ether oxygens (including phenoxy) is 8. The SMILES string of the molecule is CC(=N)N.COC(=O)C(N=Cc1ccccc1)C1CC(=O)C(Cl)C1.COC(=O)C(NC(=O)OC(C)(C)C)C1CC(=O)C(Cl)C1.COC(=O)C(NC(=O)OC(C)(C)C)C1Cc2nc(C)[nH]c2C1.COC(=O)CN.COC(=O)CN=Cc1ccccc1.Cc1nc2c([nH]1)CC(C(C=O)NC(=O)OC(C)(C)C)C2.Cl.O=C1C=CCC1Cl.[Li+].[c-]1nc2ccccc2s1. The van der Waals surface area contributed by atoms with E-state index in [1.165, 1.54) is 53.2 Å². The van der Waals surface area contributed by atoms with Crippen LogP contribution in [0, 0.1) is 48.4 Å². The number of nitrogens with one attached hydrogen (secondary N) is 6. The van der Waals surface area contributed by atoms with Gasteiger partial charge in [-0.2, -0.15) is 0 Å². The molecule has 11 atom stereocenters. The van der Waals surface area contributed by atoms with Crippen LogP contribution in [-0.2, 0) is 107 Å². The average Bonchev–Trinajstić information content (AvgIpc) is 1.66. The number of aryl methyl sites for hydroxylation is 2. The fraction of sp³-hybridized carbons (Fsp3) is 0.500. The van der Waals surface area contributed by atoms with Crippen LogP contribution in [0.25, 0.3) is 10.2 Å². The zero-order valence-electron chi connectivity index (χ0n) is 72.6. The fourth-order valence-corrected chi connectivity index (χ4v) is 13.1. The number of alkyl halides is 3. The monoisotopic (exact) mass is 1800 g/mol. The number of aldehydes is 1. The number of hydrogen-bond acceptors (Lipinski definition) is 28. The number of ketones is 3. The van der Waals surface area contributed by atoms with Gasteiger partial charge in [0.05, 0.1) is 81.5 Å². The summed E-state index contributed by atoms with van der Waals surface area (Å²) in [5.41, 5.74) is 17.4. The Kier molecular flexibility index (Phi) is 50.6. The van der Waals surface area contributed by atoms with Crippen molar-refractivity contribution in [2.24, 2.45) is 45.1 Å². The standard InChI is InChI=1S/C15H16ClNO3.C15H23N3O4.C14H21N3O3.C13H20ClNO5.C10H11NO2.C7H4NS.C5H5ClO.C3H7NO2.C2H6N2.ClH.Li/c1-20-15(19)14(11-7-12(16)13(18)8-11)17-9-10-5-3-2-4-6-10;1-8-16-10-6-9(7-11(10)17-8)12(13(19)21-5)18-14(20)22-15(2,3)4;1-8-15-10-5-9(6-11(10)16-8)12(7-18)17-13(19)20-14(2,3)4;1-13(2,3)20-12(18)15-10(11(17)19-4)7-5-8(14)9(16)6-7;1-13-10(12)8-11-7-9-5-3-2-4-6-9;1-2-4-7-6(3-1)8-5-9-7;6-4-2-1-3-5(4)7;1-6-3(5)2-4;1-2(3)4;;/h2-6,9,11-12,14H,7-8H2,1H3;9,12H,6-7H2,1-5H3,(H,16,17)(H,18,20);7,9,12H,5-6H2,1-4H3,(H,15,16)(H,17,19);7-8,10H,5-6H2,1-4H3,(H,15,18);2-7H,8H2,1H3;1-4H;1,3-4H,2H2;2,4H2,1H3;1H3,(H3,3,4);1H;/q;;;;;-1;;;;;+1. The van der Waals surface area contributed by atoms with Gasteiger partial charge in [0.25, 0.3) is 0 Å². The molecule has 0 bridgehead atoms. The van der Waals surface area contributed by atoms with Crippen LogP contribution in [-0.4, -0.2) is 221 Å². The van der Waals surface area contributed by atoms with Crippen molar-refractivity contribution < 1.29 is 114 Å². The van der Waals surface area contributed by atoms with Crippen molar-refractivity contribution in [2.45, 2.75) is 198 Å². The number of imidazole rings is 2. The number of H-pyrrole nitrogens is 2. The Bertz CT molecular complexity index is 4390. The number of fused-ring (bicyclic) bond motifs is 3. The van der Waals surface area contributed by atoms with Crippen molar-refractivity contribution in [3.63, 3.8) is 0 Å². The van der Waals surface area contributed by atoms with E-state index in [1.54, 1.807) is 92.2 Å². The number of amidine groups is 1. The molecule has 3 amide bonds. The molecule has 11 unspecified atom stereocenters. The van der Waals surface area contributed by atoms with Crippen LogP contribution in [0.15, 0.2) is 107 Å². The number of nitrogens with zero attached hydrogens (tertiary/aromatic N) is 5. The minimum absolute atomic E-state index is 0. The normalized spacial score (nSPS) is 17.5. The number of aromatic nitrogens is 5. The Morgan fingerprint density at radius 1 is 0.593 bits per heavy atom. The molecule has 33 nitrogen and oxygen atoms in total. The van der Waals surface area contributed by atoms with E-state index in [0.717, 1.165) is 63.8 Å². The van der Waals surface area contributed by atoms with Gasteiger partial charge in [-0.1, -0.05) is 84.4 Å². The average molecular weight is 1810 g/mol. The second-order valence-electron chi connectivity index (χ2n) is 30.6. The van der Waals surface area contributed by atoms with Crippen LogP contribution < -0.4 is 46.3 Å². The summed E-state index contributed by atoms with van der Waals surface area (Å²) in [5.74, 6) is -1.03. The number of aromatic amines is 2. The van der Waals surface area contributed by atoms with Crippen molar-refractivity contribution in [2.75, 3.05) is 48.6 Å². The van der Waals surface area contributed by atoms with E-state index < -0.39 is 87.9 Å². The topological polar surface area (TPSA) is 486 Å². The predicted octanol–water partition coefficient (Wildman–Crippen LogP) is 7.88. The number of hydrogen-bond donors (Lipinski definition) is 8. The van der Waals surface area contributed by atoms with E-state index in [1.807, 2.05) is 98.8 Å². The van der Waals surface area contributed by atoms with Gasteiger partial charge in [-0.3, -0.25) is 50.7 Å². The number of amides is 3. The van der Waals surface area contributed by atoms with E-state index in [0.29, 0.717) is 38.5 Å². The molecular formula is C84H114Cl4LiN13O20S. The molecule has 11 rings (SSSR count). The summed E-state index contributed by atoms with van der Waals surface area (Å²) in [6, 6.07) is 24.2. The molecule has 3 heterocycles. The number of nitrogens with two attached hydrogens (primary N) is 2. The number of esters is 5. The quantitative estimate of drug-likeness (QED) is 0.00628.